The number of carboxylic acid groups (broad SMARTS) is 1. The van der Waals surface area contributed by atoms with E-state index in [2.05, 4.69) is 52.8 Å². The first kappa shape index (κ1) is 25.7. The molecule has 0 heterocycles. The quantitative estimate of drug-likeness (QED) is 0.413. The number of hydrogen-bond donors (Lipinski definition) is 3. The highest BCUT2D eigenvalue weighted by atomic mass is 16.4. The lowest BCUT2D eigenvalue weighted by Gasteiger charge is -2.61. The highest BCUT2D eigenvalue weighted by Crippen LogP contribution is 2.71. The maximum Gasteiger partial charge on any atom is 0.306 e. The highest BCUT2D eigenvalue weighted by molar-refractivity contribution is 5.71. The minimum Gasteiger partial charge on any atom is -0.481 e. The van der Waals surface area contributed by atoms with E-state index in [1.807, 2.05) is 13.8 Å². The van der Waals surface area contributed by atoms with E-state index in [4.69, 9.17) is 0 Å². The van der Waals surface area contributed by atoms with Gasteiger partial charge >= 0.3 is 5.97 Å². The van der Waals surface area contributed by atoms with Gasteiger partial charge in [0.15, 0.2) is 0 Å². The predicted octanol–water partition coefficient (Wildman–Crippen LogP) is 6.29. The van der Waals surface area contributed by atoms with Crippen LogP contribution in [0.15, 0.2) is 34.9 Å². The monoisotopic (exact) mass is 470 g/mol. The lowest BCUT2D eigenvalue weighted by molar-refractivity contribution is -0.148. The molecule has 8 atom stereocenters. The van der Waals surface area contributed by atoms with Crippen LogP contribution >= 0.6 is 0 Å². The molecule has 0 bridgehead atoms. The summed E-state index contributed by atoms with van der Waals surface area (Å²) in [7, 11) is 0. The average molecular weight is 471 g/mol. The van der Waals surface area contributed by atoms with Crippen molar-refractivity contribution in [2.24, 2.45) is 39.4 Å². The third-order valence-corrected chi connectivity index (χ3v) is 11.1. The summed E-state index contributed by atoms with van der Waals surface area (Å²) < 4.78 is 0. The molecule has 4 heteroatoms. The first-order valence-corrected chi connectivity index (χ1v) is 13.3. The molecule has 0 aromatic heterocycles. The van der Waals surface area contributed by atoms with Crippen LogP contribution in [-0.4, -0.2) is 33.5 Å². The summed E-state index contributed by atoms with van der Waals surface area (Å²) in [6.45, 7) is 15.4. The van der Waals surface area contributed by atoms with E-state index < -0.39 is 18.0 Å². The van der Waals surface area contributed by atoms with Gasteiger partial charge in [0.1, 0.15) is 0 Å². The van der Waals surface area contributed by atoms with Gasteiger partial charge in [0.2, 0.25) is 0 Å². The summed E-state index contributed by atoms with van der Waals surface area (Å²) in [5.41, 5.74) is 3.27. The molecule has 0 aromatic carbocycles. The van der Waals surface area contributed by atoms with Crippen molar-refractivity contribution in [1.29, 1.82) is 0 Å². The topological polar surface area (TPSA) is 77.8 Å². The molecule has 0 amide bonds. The fourth-order valence-electron chi connectivity index (χ4n) is 8.83. The number of allylic oxidation sites excluding steroid dienone is 6. The largest absolute Gasteiger partial charge is 0.481 e. The first-order valence-electron chi connectivity index (χ1n) is 13.3. The Balaban J connectivity index is 1.74. The number of carboxylic acids is 1. The van der Waals surface area contributed by atoms with Gasteiger partial charge in [-0.25, -0.2) is 0 Å². The Bertz CT molecular complexity index is 937. The SMILES string of the molecule is CC(C)=CCC[C@H](C(=O)O)[C@@H]1[C@@H](O)C[C@]2(C)C3=CC[C@@H]4C(C)(C)[C@H](O)CC[C@@]4(C)C3=CC[C@@]12C. The first-order chi connectivity index (χ1) is 15.7. The van der Waals surface area contributed by atoms with Crippen molar-refractivity contribution < 1.29 is 20.1 Å². The molecule has 2 saturated carbocycles. The molecule has 0 saturated heterocycles. The van der Waals surface area contributed by atoms with E-state index in [9.17, 15) is 20.1 Å². The maximum atomic E-state index is 12.5. The summed E-state index contributed by atoms with van der Waals surface area (Å²) >= 11 is 0. The van der Waals surface area contributed by atoms with Gasteiger partial charge in [-0.1, -0.05) is 58.4 Å². The molecule has 0 aliphatic heterocycles. The summed E-state index contributed by atoms with van der Waals surface area (Å²) in [4.78, 5) is 12.5. The van der Waals surface area contributed by atoms with Crippen molar-refractivity contribution in [3.05, 3.63) is 34.9 Å². The molecule has 34 heavy (non-hydrogen) atoms. The van der Waals surface area contributed by atoms with Gasteiger partial charge in [-0.3, -0.25) is 4.79 Å². The Morgan fingerprint density at radius 3 is 2.41 bits per heavy atom. The molecular weight excluding hydrogens is 424 g/mol. The van der Waals surface area contributed by atoms with E-state index in [1.54, 1.807) is 0 Å². The van der Waals surface area contributed by atoms with E-state index in [-0.39, 0.29) is 33.7 Å². The lowest BCUT2D eigenvalue weighted by Crippen LogP contribution is -2.54. The van der Waals surface area contributed by atoms with Crippen LogP contribution in [0.25, 0.3) is 0 Å². The number of carbonyl (C=O) groups is 1. The van der Waals surface area contributed by atoms with Crippen molar-refractivity contribution in [1.82, 2.24) is 0 Å². The van der Waals surface area contributed by atoms with Crippen molar-refractivity contribution in [3.63, 3.8) is 0 Å². The lowest BCUT2D eigenvalue weighted by atomic mass is 9.44. The summed E-state index contributed by atoms with van der Waals surface area (Å²) in [5.74, 6) is -1.22. The zero-order chi connectivity index (χ0) is 25.3. The van der Waals surface area contributed by atoms with Crippen LogP contribution in [0.3, 0.4) is 0 Å². The highest BCUT2D eigenvalue weighted by Gasteiger charge is 2.66. The van der Waals surface area contributed by atoms with E-state index >= 15 is 0 Å². The molecule has 0 unspecified atom stereocenters. The van der Waals surface area contributed by atoms with Gasteiger partial charge in [-0.05, 0) is 92.1 Å². The number of aliphatic carboxylic acids is 1. The second kappa shape index (κ2) is 8.34. The van der Waals surface area contributed by atoms with Gasteiger partial charge < -0.3 is 15.3 Å². The fraction of sp³-hybridized carbons (Fsp3) is 0.767. The molecule has 0 aromatic rings. The maximum absolute atomic E-state index is 12.5. The molecule has 0 radical (unpaired) electrons. The number of aliphatic hydroxyl groups is 2. The molecule has 0 spiro atoms. The fourth-order valence-corrected chi connectivity index (χ4v) is 8.83. The van der Waals surface area contributed by atoms with Crippen molar-refractivity contribution >= 4 is 5.97 Å². The van der Waals surface area contributed by atoms with E-state index in [0.717, 1.165) is 32.1 Å². The number of rotatable bonds is 5. The van der Waals surface area contributed by atoms with E-state index in [1.165, 1.54) is 16.7 Å². The smallest absolute Gasteiger partial charge is 0.306 e. The molecule has 4 rings (SSSR count). The number of aliphatic hydroxyl groups excluding tert-OH is 2. The van der Waals surface area contributed by atoms with Crippen LogP contribution in [0.4, 0.5) is 0 Å². The van der Waals surface area contributed by atoms with E-state index in [0.29, 0.717) is 18.8 Å². The third-order valence-electron chi connectivity index (χ3n) is 11.1. The molecule has 4 aliphatic rings. The molecule has 4 nitrogen and oxygen atoms in total. The van der Waals surface area contributed by atoms with Crippen LogP contribution < -0.4 is 0 Å². The standard InChI is InChI=1S/C30H46O4/c1-18(2)9-8-10-19(26(33)34)25-22(31)17-30(7)21-11-12-23-27(3,4)24(32)14-15-28(23,5)20(21)13-16-29(25,30)6/h9,11,13,19,22-25,31-32H,8,10,12,14-17H2,1-7H3,(H,33,34)/t19-,22-,23+,24+,25+,28-,29-,30+/m0/s1. The minimum atomic E-state index is -0.779. The second-order valence-corrected chi connectivity index (χ2v) is 13.4. The molecule has 2 fully saturated rings. The van der Waals surface area contributed by atoms with Crippen LogP contribution in [0, 0.1) is 39.4 Å². The predicted molar refractivity (Wildman–Crippen MR) is 136 cm³/mol. The van der Waals surface area contributed by atoms with Gasteiger partial charge in [-0.2, -0.15) is 0 Å². The summed E-state index contributed by atoms with van der Waals surface area (Å²) in [6, 6.07) is 0. The van der Waals surface area contributed by atoms with Gasteiger partial charge in [0.05, 0.1) is 18.1 Å². The zero-order valence-corrected chi connectivity index (χ0v) is 22.3. The molecule has 4 aliphatic carbocycles. The van der Waals surface area contributed by atoms with Crippen LogP contribution in [0.1, 0.15) is 93.4 Å². The average Bonchev–Trinajstić information content (AvgIpc) is 2.94. The zero-order valence-electron chi connectivity index (χ0n) is 22.3. The summed E-state index contributed by atoms with van der Waals surface area (Å²) in [6.07, 6.45) is 11.4. The Hall–Kier alpha value is -1.39. The number of hydrogen-bond acceptors (Lipinski definition) is 3. The second-order valence-electron chi connectivity index (χ2n) is 13.4. The van der Waals surface area contributed by atoms with Crippen LogP contribution in [-0.2, 0) is 4.79 Å². The van der Waals surface area contributed by atoms with Gasteiger partial charge in [0.25, 0.3) is 0 Å². The van der Waals surface area contributed by atoms with Crippen LogP contribution in [0.5, 0.6) is 0 Å². The Morgan fingerprint density at radius 1 is 1.12 bits per heavy atom. The Morgan fingerprint density at radius 2 is 1.79 bits per heavy atom. The Labute approximate surface area is 206 Å². The molecular formula is C30H46O4. The van der Waals surface area contributed by atoms with Crippen molar-refractivity contribution in [3.8, 4) is 0 Å². The van der Waals surface area contributed by atoms with Crippen molar-refractivity contribution in [2.75, 3.05) is 0 Å². The van der Waals surface area contributed by atoms with Crippen molar-refractivity contribution in [2.45, 2.75) is 106 Å². The summed E-state index contributed by atoms with van der Waals surface area (Å²) in [5, 5.41) is 32.4. The normalized spacial score (nSPS) is 43.6. The minimum absolute atomic E-state index is 0.00976. The van der Waals surface area contributed by atoms with Gasteiger partial charge in [0, 0.05) is 11.3 Å². The molecule has 3 N–H and O–H groups in total. The molecule has 190 valence electrons. The number of fused-ring (bicyclic) bond motifs is 5. The van der Waals surface area contributed by atoms with Gasteiger partial charge in [-0.15, -0.1) is 0 Å². The third kappa shape index (κ3) is 3.50. The van der Waals surface area contributed by atoms with Crippen LogP contribution in [0.2, 0.25) is 0 Å². The Kier molecular flexibility index (Phi) is 6.30.